The standard InChI is InChI=1S/Cr.Mg.7H2O.4O/h;;7*1H2;;;;/q;+2;;;;;;;;;;2*-1. The van der Waals surface area contributed by atoms with Crippen molar-refractivity contribution in [2.75, 3.05) is 0 Å². The Morgan fingerprint density at radius 1 is 0.615 bits per heavy atom. The van der Waals surface area contributed by atoms with Gasteiger partial charge in [-0.1, -0.05) is 0 Å². The summed E-state index contributed by atoms with van der Waals surface area (Å²) in [6.45, 7) is 0. The number of hydrogen-bond acceptors (Lipinski definition) is 4. The summed E-state index contributed by atoms with van der Waals surface area (Å²) in [7, 11) is 0. The van der Waals surface area contributed by atoms with Gasteiger partial charge in [-0.15, -0.1) is 0 Å². The van der Waals surface area contributed by atoms with Gasteiger partial charge in [-0.2, -0.15) is 0 Å². The molecule has 0 aliphatic heterocycles. The third-order valence-corrected chi connectivity index (χ3v) is 0. The van der Waals surface area contributed by atoms with Gasteiger partial charge in [0.1, 0.15) is 0 Å². The van der Waals surface area contributed by atoms with Crippen molar-refractivity contribution in [2.45, 2.75) is 0 Å². The van der Waals surface area contributed by atoms with E-state index in [-0.39, 0.29) is 61.4 Å². The molecule has 0 aliphatic carbocycles. The molecule has 0 aliphatic rings. The molecule has 0 unspecified atom stereocenters. The Balaban J connectivity index is -0.00000000286. The second-order valence-electron chi connectivity index (χ2n) is 0.408. The van der Waals surface area contributed by atoms with Crippen LogP contribution in [-0.2, 0) is 21.2 Å². The first-order valence-corrected chi connectivity index (χ1v) is 2.75. The second-order valence-corrected chi connectivity index (χ2v) is 1.68. The van der Waals surface area contributed by atoms with Gasteiger partial charge in [0.25, 0.3) is 0 Å². The Hall–Kier alpha value is 0.539. The Morgan fingerprint density at radius 2 is 0.615 bits per heavy atom. The second kappa shape index (κ2) is 39.0. The average molecular weight is 266 g/mol. The van der Waals surface area contributed by atoms with Gasteiger partial charge in [0, 0.05) is 0 Å². The molecule has 0 bridgehead atoms. The van der Waals surface area contributed by atoms with E-state index in [4.69, 9.17) is 15.9 Å². The van der Waals surface area contributed by atoms with Crippen molar-refractivity contribution in [3.63, 3.8) is 0 Å². The SMILES string of the molecule is O.O.O.O.O.O.O.[Mg+2].[O]=[Cr](=[O])([O-])[O-]. The summed E-state index contributed by atoms with van der Waals surface area (Å²) >= 11 is -5.75. The zero-order valence-corrected chi connectivity index (χ0v) is 8.94. The molecule has 11 nitrogen and oxygen atoms in total. The fraction of sp³-hybridized carbons (Fsp3) is 0. The molecule has 0 aromatic rings. The third-order valence-electron chi connectivity index (χ3n) is 0. The van der Waals surface area contributed by atoms with E-state index >= 15 is 0 Å². The van der Waals surface area contributed by atoms with Crippen LogP contribution in [0, 0.1) is 0 Å². The van der Waals surface area contributed by atoms with Crippen LogP contribution in [0.25, 0.3) is 0 Å². The number of hydrogen-bond donors (Lipinski definition) is 0. The molecule has 0 heterocycles. The summed E-state index contributed by atoms with van der Waals surface area (Å²) in [6.07, 6.45) is 0. The monoisotopic (exact) mass is 266 g/mol. The predicted molar refractivity (Wildman–Crippen MR) is 32.4 cm³/mol. The van der Waals surface area contributed by atoms with Crippen molar-refractivity contribution in [1.29, 1.82) is 0 Å². The van der Waals surface area contributed by atoms with Crippen molar-refractivity contribution in [3.05, 3.63) is 0 Å². The van der Waals surface area contributed by atoms with E-state index in [9.17, 15) is 0 Å². The van der Waals surface area contributed by atoms with Crippen LogP contribution in [0.15, 0.2) is 0 Å². The van der Waals surface area contributed by atoms with Crippen molar-refractivity contribution in [2.24, 2.45) is 0 Å². The third kappa shape index (κ3) is 4800. The Labute approximate surface area is 91.1 Å². The van der Waals surface area contributed by atoms with E-state index in [0.29, 0.717) is 0 Å². The quantitative estimate of drug-likeness (QED) is 0.385. The van der Waals surface area contributed by atoms with E-state index in [1.165, 1.54) is 0 Å². The van der Waals surface area contributed by atoms with Gasteiger partial charge in [0.2, 0.25) is 0 Å². The van der Waals surface area contributed by atoms with Crippen LogP contribution in [0.3, 0.4) is 0 Å². The maximum atomic E-state index is 8.59. The Bertz CT molecular complexity index is 93.3. The summed E-state index contributed by atoms with van der Waals surface area (Å²) in [5.74, 6) is 0. The van der Waals surface area contributed by atoms with Gasteiger partial charge in [-0.3, -0.25) is 0 Å². The molecule has 0 aromatic carbocycles. The molecule has 0 amide bonds. The molecule has 0 radical (unpaired) electrons. The molecule has 0 spiro atoms. The Morgan fingerprint density at radius 3 is 0.615 bits per heavy atom. The van der Waals surface area contributed by atoms with E-state index in [2.05, 4.69) is 0 Å². The molecule has 0 saturated carbocycles. The fourth-order valence-corrected chi connectivity index (χ4v) is 0. The molecule has 88 valence electrons. The van der Waals surface area contributed by atoms with Gasteiger partial charge >= 0.3 is 52.6 Å². The van der Waals surface area contributed by atoms with Crippen LogP contribution in [-0.4, -0.2) is 61.4 Å². The normalized spacial score (nSPS) is 4.46. The molecule has 13 heteroatoms. The van der Waals surface area contributed by atoms with Crippen LogP contribution < -0.4 is 8.32 Å². The molecular formula is H14CrMgO11. The van der Waals surface area contributed by atoms with Crippen molar-refractivity contribution < 1.29 is 67.9 Å². The number of rotatable bonds is 0. The molecule has 0 rings (SSSR count). The maximum absolute atomic E-state index is 8.59. The van der Waals surface area contributed by atoms with Crippen LogP contribution >= 0.6 is 0 Å². The molecule has 0 atom stereocenters. The Kier molecular flexibility index (Phi) is 310. The summed E-state index contributed by atoms with van der Waals surface area (Å²) in [5, 5.41) is 0. The molecule has 14 N–H and O–H groups in total. The summed E-state index contributed by atoms with van der Waals surface area (Å²) in [4.78, 5) is 0. The van der Waals surface area contributed by atoms with Crippen molar-refractivity contribution >= 4 is 23.1 Å². The topological polar surface area (TPSA) is 301 Å². The first-order valence-electron chi connectivity index (χ1n) is 0.667. The van der Waals surface area contributed by atoms with Gasteiger partial charge in [-0.05, 0) is 0 Å². The van der Waals surface area contributed by atoms with Gasteiger partial charge in [-0.25, -0.2) is 0 Å². The molecule has 0 fully saturated rings. The molecule has 13 heavy (non-hydrogen) atoms. The van der Waals surface area contributed by atoms with Crippen LogP contribution in [0.5, 0.6) is 0 Å². The van der Waals surface area contributed by atoms with Crippen LogP contribution in [0.2, 0.25) is 0 Å². The summed E-state index contributed by atoms with van der Waals surface area (Å²) in [6, 6.07) is 0. The summed E-state index contributed by atoms with van der Waals surface area (Å²) in [5.41, 5.74) is 0. The van der Waals surface area contributed by atoms with E-state index in [1.54, 1.807) is 0 Å². The molecule has 0 aromatic heterocycles. The predicted octanol–water partition coefficient (Wildman–Crippen LogP) is -8.77. The molecule has 0 saturated heterocycles. The first kappa shape index (κ1) is 103. The van der Waals surface area contributed by atoms with Crippen molar-refractivity contribution in [1.82, 2.24) is 0 Å². The van der Waals surface area contributed by atoms with Gasteiger partial charge in [0.15, 0.2) is 0 Å². The van der Waals surface area contributed by atoms with E-state index in [0.717, 1.165) is 0 Å². The zero-order valence-electron chi connectivity index (χ0n) is 6.25. The van der Waals surface area contributed by atoms with Crippen LogP contribution in [0.1, 0.15) is 0 Å². The molecular weight excluding hydrogens is 252 g/mol. The fourth-order valence-electron chi connectivity index (χ4n) is 0. The zero-order chi connectivity index (χ0) is 4.50. The minimum absolute atomic E-state index is 0. The van der Waals surface area contributed by atoms with E-state index in [1.807, 2.05) is 0 Å². The first-order chi connectivity index (χ1) is 2.00. The average Bonchev–Trinajstić information content (AvgIpc) is 0.722. The van der Waals surface area contributed by atoms with Gasteiger partial charge in [0.05, 0.1) is 0 Å². The minimum atomic E-state index is -5.75. The van der Waals surface area contributed by atoms with Crippen molar-refractivity contribution in [3.8, 4) is 0 Å². The van der Waals surface area contributed by atoms with E-state index < -0.39 is 13.6 Å². The van der Waals surface area contributed by atoms with Gasteiger partial charge < -0.3 is 38.3 Å². The van der Waals surface area contributed by atoms with Crippen LogP contribution in [0.4, 0.5) is 0 Å². The summed E-state index contributed by atoms with van der Waals surface area (Å²) < 4.78 is 34.4.